The maximum atomic E-state index is 5.28. The van der Waals surface area contributed by atoms with Crippen LogP contribution in [0.2, 0.25) is 0 Å². The molecule has 3 heterocycles. The van der Waals surface area contributed by atoms with Crippen LogP contribution in [0.15, 0.2) is 29.0 Å². The van der Waals surface area contributed by atoms with Gasteiger partial charge in [-0.05, 0) is 25.1 Å². The average molecular weight is 289 g/mol. The summed E-state index contributed by atoms with van der Waals surface area (Å²) in [6.45, 7) is 1.95. The first-order valence-electron chi connectivity index (χ1n) is 5.38. The third-order valence-electron chi connectivity index (χ3n) is 2.79. The minimum Gasteiger partial charge on any atom is -0.339 e. The number of halogens is 2. The van der Waals surface area contributed by atoms with Crippen LogP contribution in [0.5, 0.6) is 0 Å². The normalized spacial score (nSPS) is 17.9. The molecular formula is C11H14Cl2N4O. The van der Waals surface area contributed by atoms with E-state index >= 15 is 0 Å². The summed E-state index contributed by atoms with van der Waals surface area (Å²) in [5.74, 6) is 1.74. The molecule has 0 aliphatic carbocycles. The van der Waals surface area contributed by atoms with Crippen molar-refractivity contribution >= 4 is 24.8 Å². The van der Waals surface area contributed by atoms with Crippen LogP contribution >= 0.6 is 24.8 Å². The number of rotatable bonds is 2. The molecule has 18 heavy (non-hydrogen) atoms. The van der Waals surface area contributed by atoms with E-state index in [1.165, 1.54) is 0 Å². The van der Waals surface area contributed by atoms with Gasteiger partial charge in [-0.2, -0.15) is 4.98 Å². The number of nitrogens with one attached hydrogen (secondary N) is 1. The third kappa shape index (κ3) is 2.98. The lowest BCUT2D eigenvalue weighted by Gasteiger charge is -1.98. The van der Waals surface area contributed by atoms with Gasteiger partial charge in [0.15, 0.2) is 0 Å². The fraction of sp³-hybridized carbons (Fsp3) is 0.364. The van der Waals surface area contributed by atoms with Crippen LogP contribution in [-0.4, -0.2) is 28.2 Å². The van der Waals surface area contributed by atoms with Crippen molar-refractivity contribution in [3.05, 3.63) is 30.4 Å². The molecular weight excluding hydrogens is 275 g/mol. The Morgan fingerprint density at radius 3 is 2.67 bits per heavy atom. The molecule has 1 aliphatic heterocycles. The lowest BCUT2D eigenvalue weighted by atomic mass is 10.1. The SMILES string of the molecule is Cl.Cl.c1cc(-c2noc(C3CCNC3)n2)ccn1. The number of hydrogen-bond acceptors (Lipinski definition) is 5. The molecule has 1 saturated heterocycles. The van der Waals surface area contributed by atoms with Crippen molar-refractivity contribution in [1.82, 2.24) is 20.4 Å². The molecule has 0 bridgehead atoms. The summed E-state index contributed by atoms with van der Waals surface area (Å²) in [6.07, 6.45) is 4.52. The monoisotopic (exact) mass is 288 g/mol. The Hall–Kier alpha value is -1.17. The third-order valence-corrected chi connectivity index (χ3v) is 2.79. The number of nitrogens with zero attached hydrogens (tertiary/aromatic N) is 3. The minimum atomic E-state index is 0. The van der Waals surface area contributed by atoms with Crippen LogP contribution in [0, 0.1) is 0 Å². The molecule has 5 nitrogen and oxygen atoms in total. The van der Waals surface area contributed by atoms with Crippen LogP contribution < -0.4 is 5.32 Å². The predicted octanol–water partition coefficient (Wildman–Crippen LogP) is 2.05. The Labute approximate surface area is 117 Å². The summed E-state index contributed by atoms with van der Waals surface area (Å²) < 4.78 is 5.28. The Morgan fingerprint density at radius 2 is 2.00 bits per heavy atom. The standard InChI is InChI=1S/C11H12N4O.2ClH/c1-4-12-5-2-8(1)10-14-11(16-15-10)9-3-6-13-7-9;;/h1-2,4-5,9,13H,3,6-7H2;2*1H. The highest BCUT2D eigenvalue weighted by molar-refractivity contribution is 5.85. The van der Waals surface area contributed by atoms with Crippen molar-refractivity contribution < 1.29 is 4.52 Å². The van der Waals surface area contributed by atoms with Gasteiger partial charge in [-0.1, -0.05) is 5.16 Å². The molecule has 2 aromatic rings. The van der Waals surface area contributed by atoms with Crippen molar-refractivity contribution in [2.24, 2.45) is 0 Å². The maximum Gasteiger partial charge on any atom is 0.231 e. The van der Waals surface area contributed by atoms with Crippen molar-refractivity contribution in [2.45, 2.75) is 12.3 Å². The van der Waals surface area contributed by atoms with Gasteiger partial charge in [-0.3, -0.25) is 4.98 Å². The number of pyridine rings is 1. The van der Waals surface area contributed by atoms with Crippen molar-refractivity contribution in [3.63, 3.8) is 0 Å². The lowest BCUT2D eigenvalue weighted by molar-refractivity contribution is 0.359. The first-order valence-corrected chi connectivity index (χ1v) is 5.38. The molecule has 0 aromatic carbocycles. The van der Waals surface area contributed by atoms with E-state index in [2.05, 4.69) is 20.4 Å². The fourth-order valence-electron chi connectivity index (χ4n) is 1.88. The maximum absolute atomic E-state index is 5.28. The predicted molar refractivity (Wildman–Crippen MR) is 72.3 cm³/mol. The van der Waals surface area contributed by atoms with Crippen LogP contribution in [0.25, 0.3) is 11.4 Å². The average Bonchev–Trinajstić information content (AvgIpc) is 3.01. The Morgan fingerprint density at radius 1 is 1.22 bits per heavy atom. The minimum absolute atomic E-state index is 0. The van der Waals surface area contributed by atoms with Gasteiger partial charge in [-0.15, -0.1) is 24.8 Å². The second kappa shape index (κ2) is 6.68. The lowest BCUT2D eigenvalue weighted by Crippen LogP contribution is -2.08. The van der Waals surface area contributed by atoms with E-state index in [0.717, 1.165) is 31.0 Å². The van der Waals surface area contributed by atoms with Gasteiger partial charge >= 0.3 is 0 Å². The Bertz CT molecular complexity index is 471. The smallest absolute Gasteiger partial charge is 0.231 e. The summed E-state index contributed by atoms with van der Waals surface area (Å²) >= 11 is 0. The first kappa shape index (κ1) is 14.9. The second-order valence-electron chi connectivity index (χ2n) is 3.88. The highest BCUT2D eigenvalue weighted by atomic mass is 35.5. The molecule has 0 amide bonds. The topological polar surface area (TPSA) is 63.8 Å². The number of aromatic nitrogens is 3. The molecule has 1 N–H and O–H groups in total. The van der Waals surface area contributed by atoms with Gasteiger partial charge in [0, 0.05) is 24.5 Å². The highest BCUT2D eigenvalue weighted by Crippen LogP contribution is 2.23. The van der Waals surface area contributed by atoms with Gasteiger partial charge < -0.3 is 9.84 Å². The fourth-order valence-corrected chi connectivity index (χ4v) is 1.88. The van der Waals surface area contributed by atoms with E-state index in [0.29, 0.717) is 11.7 Å². The second-order valence-corrected chi connectivity index (χ2v) is 3.88. The molecule has 1 aliphatic rings. The zero-order chi connectivity index (χ0) is 10.8. The van der Waals surface area contributed by atoms with Crippen molar-refractivity contribution in [1.29, 1.82) is 0 Å². The molecule has 1 unspecified atom stereocenters. The molecule has 7 heteroatoms. The van der Waals surface area contributed by atoms with Crippen LogP contribution in [0.3, 0.4) is 0 Å². The van der Waals surface area contributed by atoms with E-state index in [1.807, 2.05) is 12.1 Å². The number of hydrogen-bond donors (Lipinski definition) is 1. The van der Waals surface area contributed by atoms with E-state index in [9.17, 15) is 0 Å². The highest BCUT2D eigenvalue weighted by Gasteiger charge is 2.22. The summed E-state index contributed by atoms with van der Waals surface area (Å²) in [7, 11) is 0. The van der Waals surface area contributed by atoms with Gasteiger partial charge in [0.2, 0.25) is 11.7 Å². The summed E-state index contributed by atoms with van der Waals surface area (Å²) in [4.78, 5) is 8.38. The summed E-state index contributed by atoms with van der Waals surface area (Å²) in [5.41, 5.74) is 0.941. The van der Waals surface area contributed by atoms with E-state index in [4.69, 9.17) is 4.52 Å². The molecule has 2 aromatic heterocycles. The van der Waals surface area contributed by atoms with E-state index in [1.54, 1.807) is 12.4 Å². The summed E-state index contributed by atoms with van der Waals surface area (Å²) in [5, 5.41) is 7.27. The molecule has 0 spiro atoms. The van der Waals surface area contributed by atoms with Crippen LogP contribution in [0.1, 0.15) is 18.2 Å². The molecule has 3 rings (SSSR count). The van der Waals surface area contributed by atoms with Gasteiger partial charge in [-0.25, -0.2) is 0 Å². The quantitative estimate of drug-likeness (QED) is 0.916. The Balaban J connectivity index is 0.000000810. The molecule has 1 atom stereocenters. The first-order chi connectivity index (χ1) is 7.93. The van der Waals surface area contributed by atoms with Crippen LogP contribution in [-0.2, 0) is 0 Å². The molecule has 1 fully saturated rings. The zero-order valence-corrected chi connectivity index (χ0v) is 11.2. The van der Waals surface area contributed by atoms with E-state index in [-0.39, 0.29) is 24.8 Å². The van der Waals surface area contributed by atoms with Gasteiger partial charge in [0.1, 0.15) is 0 Å². The Kier molecular flexibility index (Phi) is 5.53. The van der Waals surface area contributed by atoms with Gasteiger partial charge in [0.05, 0.1) is 5.92 Å². The van der Waals surface area contributed by atoms with Crippen LogP contribution in [0.4, 0.5) is 0 Å². The van der Waals surface area contributed by atoms with E-state index < -0.39 is 0 Å². The molecule has 98 valence electrons. The van der Waals surface area contributed by atoms with Crippen molar-refractivity contribution in [3.8, 4) is 11.4 Å². The molecule has 0 radical (unpaired) electrons. The molecule has 0 saturated carbocycles. The van der Waals surface area contributed by atoms with Gasteiger partial charge in [0.25, 0.3) is 0 Å². The zero-order valence-electron chi connectivity index (χ0n) is 9.57. The van der Waals surface area contributed by atoms with Crippen molar-refractivity contribution in [2.75, 3.05) is 13.1 Å². The summed E-state index contributed by atoms with van der Waals surface area (Å²) in [6, 6.07) is 3.75. The largest absolute Gasteiger partial charge is 0.339 e.